The molecular weight excluding hydrogens is 312 g/mol. The lowest BCUT2D eigenvalue weighted by atomic mass is 10.0. The quantitative estimate of drug-likeness (QED) is 0.906. The third kappa shape index (κ3) is 3.40. The Morgan fingerprint density at radius 2 is 2.16 bits per heavy atom. The van der Waals surface area contributed by atoms with Gasteiger partial charge in [0.05, 0.1) is 6.20 Å². The molecule has 2 aromatic heterocycles. The zero-order chi connectivity index (χ0) is 17.2. The minimum Gasteiger partial charge on any atom is -0.366 e. The van der Waals surface area contributed by atoms with Crippen LogP contribution in [0.5, 0.6) is 0 Å². The summed E-state index contributed by atoms with van der Waals surface area (Å²) in [4.78, 5) is 11.5. The van der Waals surface area contributed by atoms with Gasteiger partial charge >= 0.3 is 0 Å². The number of hydrogen-bond acceptors (Lipinski definition) is 5. The molecule has 1 unspecified atom stereocenters. The van der Waals surface area contributed by atoms with Crippen LogP contribution in [0.1, 0.15) is 48.7 Å². The third-order valence-electron chi connectivity index (χ3n) is 5.62. The maximum Gasteiger partial charge on any atom is 0.133 e. The highest BCUT2D eigenvalue weighted by atomic mass is 15.3. The van der Waals surface area contributed by atoms with E-state index in [4.69, 9.17) is 0 Å². The van der Waals surface area contributed by atoms with Gasteiger partial charge in [0.15, 0.2) is 0 Å². The number of hydrogen-bond donors (Lipinski definition) is 1. The Kier molecular flexibility index (Phi) is 4.70. The van der Waals surface area contributed by atoms with Crippen molar-refractivity contribution in [3.63, 3.8) is 0 Å². The molecule has 1 saturated heterocycles. The number of nitrogens with one attached hydrogen (secondary N) is 1. The number of aromatic nitrogens is 4. The predicted molar refractivity (Wildman–Crippen MR) is 98.6 cm³/mol. The average molecular weight is 340 g/mol. The molecule has 2 aromatic rings. The van der Waals surface area contributed by atoms with Crippen molar-refractivity contribution >= 4 is 5.82 Å². The highest BCUT2D eigenvalue weighted by molar-refractivity contribution is 5.48. The molecule has 0 radical (unpaired) electrons. The van der Waals surface area contributed by atoms with E-state index in [1.807, 2.05) is 6.20 Å². The van der Waals surface area contributed by atoms with E-state index >= 15 is 0 Å². The number of nitrogens with zero attached hydrogens (tertiary/aromatic N) is 5. The molecule has 4 rings (SSSR count). The number of fused-ring (bicyclic) bond motifs is 1. The molecule has 0 amide bonds. The molecule has 1 aliphatic heterocycles. The van der Waals surface area contributed by atoms with Gasteiger partial charge in [0.1, 0.15) is 12.1 Å². The van der Waals surface area contributed by atoms with E-state index in [9.17, 15) is 0 Å². The first-order valence-electron chi connectivity index (χ1n) is 9.57. The second-order valence-corrected chi connectivity index (χ2v) is 7.29. The fourth-order valence-corrected chi connectivity index (χ4v) is 4.19. The minimum atomic E-state index is 0.467. The molecule has 1 atom stereocenters. The lowest BCUT2D eigenvalue weighted by Crippen LogP contribution is -2.42. The fourth-order valence-electron chi connectivity index (χ4n) is 4.19. The van der Waals surface area contributed by atoms with Crippen molar-refractivity contribution in [3.8, 4) is 0 Å². The molecule has 3 heterocycles. The van der Waals surface area contributed by atoms with Crippen LogP contribution in [0, 0.1) is 6.92 Å². The zero-order valence-corrected chi connectivity index (χ0v) is 15.3. The van der Waals surface area contributed by atoms with Crippen molar-refractivity contribution < 1.29 is 0 Å². The van der Waals surface area contributed by atoms with Crippen molar-refractivity contribution in [1.82, 2.24) is 24.6 Å². The summed E-state index contributed by atoms with van der Waals surface area (Å²) in [5.74, 6) is 1.07. The van der Waals surface area contributed by atoms with Gasteiger partial charge in [-0.3, -0.25) is 9.58 Å². The van der Waals surface area contributed by atoms with Crippen molar-refractivity contribution in [1.29, 1.82) is 0 Å². The standard InChI is InChI=1S/C19H28N6/c1-3-25-14(2)15(10-22-25)11-24-9-5-6-16(12-24)23-19-17-7-4-8-18(17)20-13-21-19/h10,13,16H,3-9,11-12H2,1-2H3,(H,20,21,23). The molecular formula is C19H28N6. The summed E-state index contributed by atoms with van der Waals surface area (Å²) in [7, 11) is 0. The zero-order valence-electron chi connectivity index (χ0n) is 15.3. The van der Waals surface area contributed by atoms with E-state index in [0.29, 0.717) is 6.04 Å². The number of aryl methyl sites for hydroxylation is 2. The Balaban J connectivity index is 1.41. The van der Waals surface area contributed by atoms with E-state index in [-0.39, 0.29) is 0 Å². The van der Waals surface area contributed by atoms with E-state index in [1.165, 1.54) is 41.8 Å². The summed E-state index contributed by atoms with van der Waals surface area (Å²) in [6, 6.07) is 0.467. The van der Waals surface area contributed by atoms with E-state index in [0.717, 1.165) is 44.8 Å². The van der Waals surface area contributed by atoms with Gasteiger partial charge in [0, 0.05) is 48.2 Å². The lowest BCUT2D eigenvalue weighted by Gasteiger charge is -2.33. The molecule has 0 saturated carbocycles. The first-order chi connectivity index (χ1) is 12.2. The molecule has 6 nitrogen and oxygen atoms in total. The maximum atomic E-state index is 4.53. The summed E-state index contributed by atoms with van der Waals surface area (Å²) in [6.45, 7) is 8.48. The number of anilines is 1. The highest BCUT2D eigenvalue weighted by Gasteiger charge is 2.24. The molecule has 1 fully saturated rings. The topological polar surface area (TPSA) is 58.9 Å². The van der Waals surface area contributed by atoms with E-state index < -0.39 is 0 Å². The van der Waals surface area contributed by atoms with Gasteiger partial charge < -0.3 is 5.32 Å². The van der Waals surface area contributed by atoms with Crippen molar-refractivity contribution in [2.24, 2.45) is 0 Å². The Morgan fingerprint density at radius 1 is 1.24 bits per heavy atom. The van der Waals surface area contributed by atoms with E-state index in [1.54, 1.807) is 6.33 Å². The van der Waals surface area contributed by atoms with Gasteiger partial charge in [-0.25, -0.2) is 9.97 Å². The van der Waals surface area contributed by atoms with E-state index in [2.05, 4.69) is 43.8 Å². The average Bonchev–Trinajstić information content (AvgIpc) is 3.23. The molecule has 0 aromatic carbocycles. The normalized spacial score (nSPS) is 20.6. The molecule has 1 aliphatic carbocycles. The van der Waals surface area contributed by atoms with Crippen LogP contribution in [-0.4, -0.2) is 43.8 Å². The molecule has 25 heavy (non-hydrogen) atoms. The van der Waals surface area contributed by atoms with Crippen LogP contribution >= 0.6 is 0 Å². The summed E-state index contributed by atoms with van der Waals surface area (Å²) >= 11 is 0. The van der Waals surface area contributed by atoms with Crippen LogP contribution in [0.3, 0.4) is 0 Å². The van der Waals surface area contributed by atoms with Gasteiger partial charge in [0.25, 0.3) is 0 Å². The first kappa shape index (κ1) is 16.5. The summed E-state index contributed by atoms with van der Waals surface area (Å²) in [6.07, 6.45) is 9.62. The highest BCUT2D eigenvalue weighted by Crippen LogP contribution is 2.27. The second-order valence-electron chi connectivity index (χ2n) is 7.29. The Morgan fingerprint density at radius 3 is 3.00 bits per heavy atom. The van der Waals surface area contributed by atoms with Crippen LogP contribution in [0.2, 0.25) is 0 Å². The van der Waals surface area contributed by atoms with Gasteiger partial charge in [-0.2, -0.15) is 5.10 Å². The van der Waals surface area contributed by atoms with Gasteiger partial charge in [-0.1, -0.05) is 0 Å². The smallest absolute Gasteiger partial charge is 0.133 e. The summed E-state index contributed by atoms with van der Waals surface area (Å²) in [5.41, 5.74) is 5.24. The molecule has 0 spiro atoms. The van der Waals surface area contributed by atoms with Crippen molar-refractivity contribution in [3.05, 3.63) is 35.0 Å². The Labute approximate surface area is 149 Å². The van der Waals surface area contributed by atoms with Crippen LogP contribution in [0.4, 0.5) is 5.82 Å². The molecule has 6 heteroatoms. The van der Waals surface area contributed by atoms with Gasteiger partial charge in [0.2, 0.25) is 0 Å². The van der Waals surface area contributed by atoms with Crippen LogP contribution in [0.15, 0.2) is 12.5 Å². The van der Waals surface area contributed by atoms with Gasteiger partial charge in [-0.15, -0.1) is 0 Å². The van der Waals surface area contributed by atoms with Crippen LogP contribution in [0.25, 0.3) is 0 Å². The molecule has 2 aliphatic rings. The maximum absolute atomic E-state index is 4.53. The number of piperidine rings is 1. The van der Waals surface area contributed by atoms with Gasteiger partial charge in [-0.05, 0) is 52.5 Å². The van der Waals surface area contributed by atoms with Crippen LogP contribution < -0.4 is 5.32 Å². The summed E-state index contributed by atoms with van der Waals surface area (Å²) in [5, 5.41) is 8.20. The van der Waals surface area contributed by atoms with Crippen LogP contribution in [-0.2, 0) is 25.9 Å². The van der Waals surface area contributed by atoms with Crippen molar-refractivity contribution in [2.45, 2.75) is 65.1 Å². The summed E-state index contributed by atoms with van der Waals surface area (Å²) < 4.78 is 2.08. The minimum absolute atomic E-state index is 0.467. The SMILES string of the molecule is CCn1ncc(CN2CCCC(Nc3ncnc4c3CCC4)C2)c1C. The fraction of sp³-hybridized carbons (Fsp3) is 0.632. The van der Waals surface area contributed by atoms with Crippen molar-refractivity contribution in [2.75, 3.05) is 18.4 Å². The monoisotopic (exact) mass is 340 g/mol. The Hall–Kier alpha value is -1.95. The largest absolute Gasteiger partial charge is 0.366 e. The number of likely N-dealkylation sites (tertiary alicyclic amines) is 1. The molecule has 0 bridgehead atoms. The third-order valence-corrected chi connectivity index (χ3v) is 5.62. The molecule has 1 N–H and O–H groups in total. The molecule has 134 valence electrons. The number of rotatable bonds is 5. The first-order valence-corrected chi connectivity index (χ1v) is 9.57. The second kappa shape index (κ2) is 7.12. The predicted octanol–water partition coefficient (Wildman–Crippen LogP) is 2.57. The lowest BCUT2D eigenvalue weighted by molar-refractivity contribution is 0.208. The Bertz CT molecular complexity index is 738.